The van der Waals surface area contributed by atoms with Crippen LogP contribution in [0.5, 0.6) is 5.75 Å². The Morgan fingerprint density at radius 3 is 2.91 bits per heavy atom. The molecule has 0 fully saturated rings. The second kappa shape index (κ2) is 5.16. The second-order valence-corrected chi connectivity index (χ2v) is 6.06. The fourth-order valence-electron chi connectivity index (χ4n) is 3.85. The lowest BCUT2D eigenvalue weighted by Crippen LogP contribution is -2.26. The number of aryl methyl sites for hydroxylation is 1. The summed E-state index contributed by atoms with van der Waals surface area (Å²) in [6.45, 7) is 0. The van der Waals surface area contributed by atoms with Crippen LogP contribution in [-0.4, -0.2) is 12.9 Å². The van der Waals surface area contributed by atoms with Crippen LogP contribution >= 0.6 is 0 Å². The molecule has 1 aromatic heterocycles. The molecule has 1 aromatic carbocycles. The van der Waals surface area contributed by atoms with Gasteiger partial charge in [0.25, 0.3) is 0 Å². The highest BCUT2D eigenvalue weighted by Gasteiger charge is 2.37. The van der Waals surface area contributed by atoms with Gasteiger partial charge in [-0.05, 0) is 65.8 Å². The van der Waals surface area contributed by atoms with E-state index in [4.69, 9.17) is 9.15 Å². The molecule has 3 heteroatoms. The van der Waals surface area contributed by atoms with Gasteiger partial charge in [-0.2, -0.15) is 0 Å². The van der Waals surface area contributed by atoms with Crippen molar-refractivity contribution in [3.63, 3.8) is 0 Å². The lowest BCUT2D eigenvalue weighted by atomic mass is 9.68. The fraction of sp³-hybridized carbons (Fsp3) is 0.316. The number of carbonyl (C=O) groups is 1. The highest BCUT2D eigenvalue weighted by atomic mass is 16.5. The van der Waals surface area contributed by atoms with E-state index in [2.05, 4.69) is 12.1 Å². The Hall–Kier alpha value is -2.29. The Labute approximate surface area is 129 Å². The molecule has 3 nitrogen and oxygen atoms in total. The number of methoxy groups -OCH3 is 1. The fourth-order valence-corrected chi connectivity index (χ4v) is 3.85. The quantitative estimate of drug-likeness (QED) is 0.840. The number of furan rings is 1. The van der Waals surface area contributed by atoms with Crippen LogP contribution < -0.4 is 4.74 Å². The average molecular weight is 294 g/mol. The first kappa shape index (κ1) is 13.4. The third-order valence-corrected chi connectivity index (χ3v) is 4.88. The second-order valence-electron chi connectivity index (χ2n) is 6.06. The summed E-state index contributed by atoms with van der Waals surface area (Å²) >= 11 is 0. The molecule has 2 aliphatic rings. The molecule has 112 valence electrons. The van der Waals surface area contributed by atoms with Gasteiger partial charge < -0.3 is 9.15 Å². The van der Waals surface area contributed by atoms with Crippen molar-refractivity contribution in [1.82, 2.24) is 0 Å². The number of ketones is 1. The van der Waals surface area contributed by atoms with Gasteiger partial charge in [-0.3, -0.25) is 4.79 Å². The minimum atomic E-state index is 0.165. The van der Waals surface area contributed by atoms with Gasteiger partial charge in [0, 0.05) is 12.3 Å². The first-order valence-corrected chi connectivity index (χ1v) is 7.71. The summed E-state index contributed by atoms with van der Waals surface area (Å²) in [5.41, 5.74) is 3.64. The first-order valence-electron chi connectivity index (χ1n) is 7.71. The molecule has 0 N–H and O–H groups in total. The molecule has 0 aliphatic heterocycles. The van der Waals surface area contributed by atoms with Crippen LogP contribution in [0.2, 0.25) is 0 Å². The smallest absolute Gasteiger partial charge is 0.156 e. The van der Waals surface area contributed by atoms with E-state index in [1.807, 2.05) is 24.3 Å². The number of rotatable bonds is 2. The summed E-state index contributed by atoms with van der Waals surface area (Å²) in [4.78, 5) is 12.2. The van der Waals surface area contributed by atoms with Gasteiger partial charge in [0.05, 0.1) is 13.4 Å². The highest BCUT2D eigenvalue weighted by Crippen LogP contribution is 2.48. The number of ether oxygens (including phenoxy) is 1. The third-order valence-electron chi connectivity index (χ3n) is 4.88. The Kier molecular flexibility index (Phi) is 3.14. The Morgan fingerprint density at radius 1 is 1.23 bits per heavy atom. The molecule has 0 amide bonds. The van der Waals surface area contributed by atoms with E-state index in [9.17, 15) is 4.79 Å². The van der Waals surface area contributed by atoms with E-state index < -0.39 is 0 Å². The molecule has 0 saturated heterocycles. The molecular formula is C19H18O3. The van der Waals surface area contributed by atoms with Crippen molar-refractivity contribution in [2.24, 2.45) is 5.92 Å². The summed E-state index contributed by atoms with van der Waals surface area (Å²) in [7, 11) is 1.68. The lowest BCUT2D eigenvalue weighted by molar-refractivity contribution is -0.115. The van der Waals surface area contributed by atoms with Crippen molar-refractivity contribution < 1.29 is 13.9 Å². The van der Waals surface area contributed by atoms with Crippen LogP contribution in [0.1, 0.15) is 35.6 Å². The monoisotopic (exact) mass is 294 g/mol. The number of hydrogen-bond acceptors (Lipinski definition) is 3. The van der Waals surface area contributed by atoms with Gasteiger partial charge in [0.1, 0.15) is 11.5 Å². The van der Waals surface area contributed by atoms with E-state index in [0.717, 1.165) is 24.4 Å². The number of allylic oxidation sites excluding steroid dienone is 2. The minimum Gasteiger partial charge on any atom is -0.497 e. The van der Waals surface area contributed by atoms with Crippen LogP contribution in [-0.2, 0) is 11.2 Å². The van der Waals surface area contributed by atoms with Crippen molar-refractivity contribution in [3.05, 3.63) is 59.6 Å². The zero-order valence-corrected chi connectivity index (χ0v) is 12.5. The molecule has 0 radical (unpaired) electrons. The van der Waals surface area contributed by atoms with Gasteiger partial charge in [0.15, 0.2) is 5.78 Å². The van der Waals surface area contributed by atoms with Crippen molar-refractivity contribution in [2.45, 2.75) is 25.2 Å². The normalized spacial score (nSPS) is 23.5. The number of benzene rings is 1. The van der Waals surface area contributed by atoms with Crippen molar-refractivity contribution in [2.75, 3.05) is 7.11 Å². The number of hydrogen-bond donors (Lipinski definition) is 0. The Morgan fingerprint density at radius 2 is 2.14 bits per heavy atom. The third kappa shape index (κ3) is 2.08. The maximum absolute atomic E-state index is 12.2. The van der Waals surface area contributed by atoms with E-state index in [1.165, 1.54) is 16.7 Å². The molecule has 4 rings (SSSR count). The summed E-state index contributed by atoms with van der Waals surface area (Å²) in [5, 5.41) is 0. The van der Waals surface area contributed by atoms with Gasteiger partial charge in [0.2, 0.25) is 0 Å². The van der Waals surface area contributed by atoms with Crippen LogP contribution in [0.25, 0.3) is 5.57 Å². The molecule has 2 aromatic rings. The maximum atomic E-state index is 12.2. The minimum absolute atomic E-state index is 0.165. The zero-order valence-electron chi connectivity index (χ0n) is 12.5. The van der Waals surface area contributed by atoms with Gasteiger partial charge in [-0.1, -0.05) is 6.07 Å². The molecular weight excluding hydrogens is 276 g/mol. The molecule has 0 spiro atoms. The largest absolute Gasteiger partial charge is 0.497 e. The molecule has 0 saturated carbocycles. The van der Waals surface area contributed by atoms with E-state index in [-0.39, 0.29) is 11.7 Å². The summed E-state index contributed by atoms with van der Waals surface area (Å²) < 4.78 is 10.9. The molecule has 0 bridgehead atoms. The standard InChI is InChI=1S/C19H18O3/c1-21-14-5-7-15-12(9-14)4-6-16-17(15)10-13(20)11-18(16)19-3-2-8-22-19/h2-3,5,7-10,16,18H,4,6,11H2,1H3. The molecule has 22 heavy (non-hydrogen) atoms. The van der Waals surface area contributed by atoms with E-state index in [1.54, 1.807) is 13.4 Å². The van der Waals surface area contributed by atoms with Crippen LogP contribution in [0.3, 0.4) is 0 Å². The summed E-state index contributed by atoms with van der Waals surface area (Å²) in [6.07, 6.45) is 6.14. The van der Waals surface area contributed by atoms with Crippen molar-refractivity contribution in [1.29, 1.82) is 0 Å². The van der Waals surface area contributed by atoms with Gasteiger partial charge in [-0.15, -0.1) is 0 Å². The van der Waals surface area contributed by atoms with Crippen molar-refractivity contribution in [3.8, 4) is 5.75 Å². The lowest BCUT2D eigenvalue weighted by Gasteiger charge is -2.35. The molecule has 2 atom stereocenters. The molecule has 1 heterocycles. The molecule has 2 aliphatic carbocycles. The van der Waals surface area contributed by atoms with Crippen LogP contribution in [0, 0.1) is 5.92 Å². The number of fused-ring (bicyclic) bond motifs is 3. The average Bonchev–Trinajstić information content (AvgIpc) is 3.07. The first-order chi connectivity index (χ1) is 10.8. The van der Waals surface area contributed by atoms with Gasteiger partial charge in [-0.25, -0.2) is 0 Å². The van der Waals surface area contributed by atoms with E-state index in [0.29, 0.717) is 12.3 Å². The maximum Gasteiger partial charge on any atom is 0.156 e. The van der Waals surface area contributed by atoms with Crippen molar-refractivity contribution >= 4 is 11.4 Å². The highest BCUT2D eigenvalue weighted by molar-refractivity contribution is 6.00. The van der Waals surface area contributed by atoms with E-state index >= 15 is 0 Å². The predicted octanol–water partition coefficient (Wildman–Crippen LogP) is 3.99. The van der Waals surface area contributed by atoms with Crippen LogP contribution in [0.4, 0.5) is 0 Å². The summed E-state index contributed by atoms with van der Waals surface area (Å²) in [6, 6.07) is 10.0. The summed E-state index contributed by atoms with van der Waals surface area (Å²) in [5.74, 6) is 2.53. The molecule has 2 unspecified atom stereocenters. The predicted molar refractivity (Wildman–Crippen MR) is 83.9 cm³/mol. The SMILES string of the molecule is COc1ccc2c(c1)CCC1C2=CC(=O)CC1c1ccco1. The zero-order chi connectivity index (χ0) is 15.1. The Balaban J connectivity index is 1.78. The number of carbonyl (C=O) groups excluding carboxylic acids is 1. The van der Waals surface area contributed by atoms with Crippen LogP contribution in [0.15, 0.2) is 47.1 Å². The topological polar surface area (TPSA) is 39.4 Å². The van der Waals surface area contributed by atoms with Gasteiger partial charge >= 0.3 is 0 Å². The Bertz CT molecular complexity index is 740.